The first-order valence-electron chi connectivity index (χ1n) is 7.49. The highest BCUT2D eigenvalue weighted by Crippen LogP contribution is 2.16. The molecule has 0 aliphatic carbocycles. The van der Waals surface area contributed by atoms with Crippen LogP contribution in [0.25, 0.3) is 0 Å². The first-order chi connectivity index (χ1) is 11.4. The van der Waals surface area contributed by atoms with Gasteiger partial charge >= 0.3 is 0 Å². The highest BCUT2D eigenvalue weighted by atomic mass is 31.1. The lowest BCUT2D eigenvalue weighted by Crippen LogP contribution is -2.34. The van der Waals surface area contributed by atoms with Gasteiger partial charge in [-0.25, -0.2) is 27.6 Å². The Balaban J connectivity index is 2.72. The van der Waals surface area contributed by atoms with Crippen LogP contribution < -0.4 is 0 Å². The first kappa shape index (κ1) is 21.7. The molecular formula is C12H24N3O6P3. The zero-order chi connectivity index (χ0) is 17.9. The quantitative estimate of drug-likeness (QED) is 0.625. The molecule has 0 aromatic carbocycles. The van der Waals surface area contributed by atoms with Crippen LogP contribution in [0.1, 0.15) is 19.3 Å². The second kappa shape index (κ2) is 12.1. The molecule has 0 N–H and O–H groups in total. The summed E-state index contributed by atoms with van der Waals surface area (Å²) in [4.78, 5) is 0. The molecule has 24 heavy (non-hydrogen) atoms. The third-order valence-electron chi connectivity index (χ3n) is 3.06. The van der Waals surface area contributed by atoms with E-state index >= 15 is 0 Å². The van der Waals surface area contributed by atoms with Gasteiger partial charge in [-0.2, -0.15) is 15.2 Å². The Kier molecular flexibility index (Phi) is 10.9. The van der Waals surface area contributed by atoms with Crippen molar-refractivity contribution in [3.8, 4) is 0 Å². The average molecular weight is 399 g/mol. The van der Waals surface area contributed by atoms with Crippen molar-refractivity contribution in [3.63, 3.8) is 0 Å². The van der Waals surface area contributed by atoms with Gasteiger partial charge in [0.1, 0.15) is 0 Å². The van der Waals surface area contributed by atoms with Crippen molar-refractivity contribution in [2.24, 2.45) is 0 Å². The van der Waals surface area contributed by atoms with Crippen molar-refractivity contribution in [1.29, 1.82) is 0 Å². The van der Waals surface area contributed by atoms with E-state index in [9.17, 15) is 13.7 Å². The van der Waals surface area contributed by atoms with Crippen molar-refractivity contribution < 1.29 is 27.6 Å². The van der Waals surface area contributed by atoms with Crippen LogP contribution in [0.5, 0.6) is 0 Å². The second-order valence-corrected chi connectivity index (χ2v) is 7.58. The van der Waals surface area contributed by atoms with E-state index in [1.54, 1.807) is 15.2 Å². The Hall–Kier alpha value is -0.330. The molecule has 1 aliphatic heterocycles. The van der Waals surface area contributed by atoms with Gasteiger partial charge in [0.15, 0.2) is 0 Å². The number of hydrogen-bond acceptors (Lipinski definition) is 9. The SMILES string of the molecule is C=P(=O)ON1CCCN(OP(=C)=O)CCCN(OP(=C)=O)CCC1. The van der Waals surface area contributed by atoms with Crippen LogP contribution in [0, 0.1) is 0 Å². The first-order valence-corrected chi connectivity index (χ1v) is 11.6. The largest absolute Gasteiger partial charge is 0.250 e. The lowest BCUT2D eigenvalue weighted by atomic mass is 10.3. The van der Waals surface area contributed by atoms with Gasteiger partial charge in [-0.3, -0.25) is 0 Å². The van der Waals surface area contributed by atoms with E-state index < -0.39 is 23.0 Å². The molecule has 1 aliphatic rings. The summed E-state index contributed by atoms with van der Waals surface area (Å²) in [6, 6.07) is 0. The van der Waals surface area contributed by atoms with Gasteiger partial charge in [-0.1, -0.05) is 0 Å². The van der Waals surface area contributed by atoms with Gasteiger partial charge in [-0.05, 0) is 38.2 Å². The maximum atomic E-state index is 11.2. The summed E-state index contributed by atoms with van der Waals surface area (Å²) in [5.41, 5.74) is 0. The Morgan fingerprint density at radius 3 is 0.917 bits per heavy atom. The predicted molar refractivity (Wildman–Crippen MR) is 96.0 cm³/mol. The van der Waals surface area contributed by atoms with E-state index in [0.717, 1.165) is 0 Å². The van der Waals surface area contributed by atoms with Gasteiger partial charge < -0.3 is 0 Å². The molecule has 138 valence electrons. The maximum Gasteiger partial charge on any atom is 0.249 e. The van der Waals surface area contributed by atoms with E-state index in [2.05, 4.69) is 18.9 Å². The summed E-state index contributed by atoms with van der Waals surface area (Å²) in [5.74, 6) is 0. The van der Waals surface area contributed by atoms with Crippen LogP contribution in [0.4, 0.5) is 0 Å². The molecule has 3 atom stereocenters. The Morgan fingerprint density at radius 1 is 0.542 bits per heavy atom. The Bertz CT molecular complexity index is 474. The molecule has 0 saturated carbocycles. The fourth-order valence-corrected chi connectivity index (χ4v) is 3.50. The minimum absolute atomic E-state index is 0.523. The van der Waals surface area contributed by atoms with Gasteiger partial charge in [0.05, 0.1) is 0 Å². The molecule has 0 amide bonds. The van der Waals surface area contributed by atoms with Gasteiger partial charge in [0.2, 0.25) is 23.0 Å². The molecule has 3 unspecified atom stereocenters. The molecule has 1 fully saturated rings. The van der Waals surface area contributed by atoms with Crippen molar-refractivity contribution in [3.05, 3.63) is 0 Å². The monoisotopic (exact) mass is 399 g/mol. The highest BCUT2D eigenvalue weighted by molar-refractivity contribution is 7.38. The fraction of sp³-hybridized carbons (Fsp3) is 0.750. The second-order valence-electron chi connectivity index (χ2n) is 5.09. The van der Waals surface area contributed by atoms with E-state index in [1.807, 2.05) is 0 Å². The van der Waals surface area contributed by atoms with Crippen molar-refractivity contribution in [2.45, 2.75) is 19.3 Å². The van der Waals surface area contributed by atoms with E-state index in [-0.39, 0.29) is 0 Å². The van der Waals surface area contributed by atoms with Gasteiger partial charge in [0, 0.05) is 39.3 Å². The predicted octanol–water partition coefficient (Wildman–Crippen LogP) is 2.39. The number of hydroxylamine groups is 6. The lowest BCUT2D eigenvalue weighted by Gasteiger charge is -2.26. The number of nitrogens with zero attached hydrogens (tertiary/aromatic N) is 3. The molecule has 0 bridgehead atoms. The number of rotatable bonds is 6. The van der Waals surface area contributed by atoms with Crippen LogP contribution in [0.2, 0.25) is 0 Å². The summed E-state index contributed by atoms with van der Waals surface area (Å²) in [5, 5.41) is 4.74. The van der Waals surface area contributed by atoms with E-state index in [0.29, 0.717) is 58.5 Å². The summed E-state index contributed by atoms with van der Waals surface area (Å²) < 4.78 is 49.2. The van der Waals surface area contributed by atoms with E-state index in [1.165, 1.54) is 0 Å². The Morgan fingerprint density at radius 2 is 0.750 bits per heavy atom. The standard InChI is InChI=1S/C12H24N3O6P3/c1-22(16)19-13-7-4-9-14(20-23(2)17)11-6-12-15(10-5-8-13)21-24(3)18/h1-12H2. The average Bonchev–Trinajstić information content (AvgIpc) is 2.43. The van der Waals surface area contributed by atoms with Crippen molar-refractivity contribution >= 4 is 41.9 Å². The molecule has 0 aromatic heterocycles. The van der Waals surface area contributed by atoms with Crippen LogP contribution in [0.3, 0.4) is 0 Å². The third-order valence-corrected chi connectivity index (χ3v) is 4.30. The zero-order valence-corrected chi connectivity index (χ0v) is 16.3. The minimum atomic E-state index is -2.00. The topological polar surface area (TPSA) is 88.6 Å². The summed E-state index contributed by atoms with van der Waals surface area (Å²) in [7, 11) is -6.00. The summed E-state index contributed by atoms with van der Waals surface area (Å²) in [6.07, 6.45) is 12.1. The molecule has 1 heterocycles. The van der Waals surface area contributed by atoms with Crippen LogP contribution in [0.15, 0.2) is 0 Å². The van der Waals surface area contributed by atoms with Gasteiger partial charge in [-0.15, -0.1) is 0 Å². The summed E-state index contributed by atoms with van der Waals surface area (Å²) >= 11 is 0. The van der Waals surface area contributed by atoms with E-state index in [4.69, 9.17) is 13.9 Å². The minimum Gasteiger partial charge on any atom is -0.250 e. The normalized spacial score (nSPS) is 22.2. The summed E-state index contributed by atoms with van der Waals surface area (Å²) in [6.45, 7) is 3.14. The third kappa shape index (κ3) is 10.5. The molecule has 9 nitrogen and oxygen atoms in total. The number of hydrogen-bond donors (Lipinski definition) is 0. The van der Waals surface area contributed by atoms with Crippen LogP contribution >= 0.6 is 23.0 Å². The Labute approximate surface area is 143 Å². The van der Waals surface area contributed by atoms with Gasteiger partial charge in [0.25, 0.3) is 0 Å². The smallest absolute Gasteiger partial charge is 0.249 e. The molecule has 12 heteroatoms. The van der Waals surface area contributed by atoms with Crippen LogP contribution in [-0.4, -0.2) is 73.4 Å². The molecule has 0 spiro atoms. The van der Waals surface area contributed by atoms with Crippen molar-refractivity contribution in [2.75, 3.05) is 39.3 Å². The van der Waals surface area contributed by atoms with Crippen molar-refractivity contribution in [1.82, 2.24) is 15.2 Å². The molecule has 1 saturated heterocycles. The zero-order valence-electron chi connectivity index (χ0n) is 13.6. The lowest BCUT2D eigenvalue weighted by molar-refractivity contribution is -0.0968. The fourth-order valence-electron chi connectivity index (χ4n) is 2.24. The molecule has 0 aromatic rings. The molecule has 1 rings (SSSR count). The molecular weight excluding hydrogens is 375 g/mol. The highest BCUT2D eigenvalue weighted by Gasteiger charge is 2.15. The maximum absolute atomic E-state index is 11.2. The van der Waals surface area contributed by atoms with Crippen LogP contribution in [-0.2, 0) is 27.6 Å². The molecule has 0 radical (unpaired) electrons.